The zero-order valence-corrected chi connectivity index (χ0v) is 21.5. The van der Waals surface area contributed by atoms with Gasteiger partial charge in [0.25, 0.3) is 0 Å². The van der Waals surface area contributed by atoms with E-state index in [1.807, 2.05) is 41.5 Å². The summed E-state index contributed by atoms with van der Waals surface area (Å²) in [4.78, 5) is 0. The van der Waals surface area contributed by atoms with E-state index in [1.165, 1.54) is 49.7 Å². The molecule has 0 aliphatic heterocycles. The predicted octanol–water partition coefficient (Wildman–Crippen LogP) is 10.2. The van der Waals surface area contributed by atoms with Gasteiger partial charge in [-0.2, -0.15) is 0 Å². The number of hydrogen-bond donors (Lipinski definition) is 0. The molecule has 0 fully saturated rings. The first-order chi connectivity index (χ1) is 15.6. The van der Waals surface area contributed by atoms with Gasteiger partial charge >= 0.3 is 0 Å². The van der Waals surface area contributed by atoms with Gasteiger partial charge in [0.05, 0.1) is 0 Å². The van der Waals surface area contributed by atoms with E-state index in [1.54, 1.807) is 0 Å². The highest BCUT2D eigenvalue weighted by molar-refractivity contribution is 6.01. The summed E-state index contributed by atoms with van der Waals surface area (Å²) in [6.45, 7) is 18.9. The van der Waals surface area contributed by atoms with Crippen LogP contribution in [0.4, 0.5) is 0 Å². The van der Waals surface area contributed by atoms with Crippen LogP contribution in [0.1, 0.15) is 72.1 Å². The van der Waals surface area contributed by atoms with Crippen molar-refractivity contribution in [2.24, 2.45) is 0 Å². The van der Waals surface area contributed by atoms with Crippen molar-refractivity contribution in [2.45, 2.75) is 67.7 Å². The summed E-state index contributed by atoms with van der Waals surface area (Å²) in [5, 5.41) is 2.68. The molecule has 0 aromatic heterocycles. The largest absolute Gasteiger partial charge is 0.0683 e. The lowest BCUT2D eigenvalue weighted by atomic mass is 9.78. The fourth-order valence-corrected chi connectivity index (χ4v) is 4.76. The lowest BCUT2D eigenvalue weighted by Crippen LogP contribution is -2.16. The SMILES string of the molecule is CC.CC.CC.Cc1ccc(-c2cccc3c2C(C)(C)c2ccccc2-3)c2ccccc12. The van der Waals surface area contributed by atoms with Crippen molar-refractivity contribution in [3.8, 4) is 22.3 Å². The van der Waals surface area contributed by atoms with Gasteiger partial charge in [0, 0.05) is 5.41 Å². The third-order valence-electron chi connectivity index (χ3n) is 6.01. The van der Waals surface area contributed by atoms with Gasteiger partial charge in [0.1, 0.15) is 0 Å². The fourth-order valence-electron chi connectivity index (χ4n) is 4.76. The molecule has 1 aliphatic rings. The van der Waals surface area contributed by atoms with Crippen LogP contribution in [0.25, 0.3) is 33.0 Å². The van der Waals surface area contributed by atoms with Gasteiger partial charge in [0.2, 0.25) is 0 Å². The maximum absolute atomic E-state index is 2.36. The minimum Gasteiger partial charge on any atom is -0.0683 e. The average molecular weight is 425 g/mol. The summed E-state index contributed by atoms with van der Waals surface area (Å²) in [7, 11) is 0. The van der Waals surface area contributed by atoms with Crippen molar-refractivity contribution in [1.82, 2.24) is 0 Å². The Hall–Kier alpha value is -2.86. The minimum absolute atomic E-state index is 0.00844. The standard InChI is InChI=1S/C26H22.3C2H6/c1-17-15-16-20(19-10-5-4-9-18(17)19)22-12-8-13-23-21-11-6-7-14-24(21)26(2,3)25(22)23;3*1-2/h4-16H,1-3H3;3*1-2H3. The van der Waals surface area contributed by atoms with Crippen LogP contribution in [0.2, 0.25) is 0 Å². The highest BCUT2D eigenvalue weighted by Crippen LogP contribution is 2.52. The van der Waals surface area contributed by atoms with Gasteiger partial charge in [-0.1, -0.05) is 134 Å². The topological polar surface area (TPSA) is 0 Å². The monoisotopic (exact) mass is 424 g/mol. The summed E-state index contributed by atoms with van der Waals surface area (Å²) in [6, 6.07) is 29.0. The minimum atomic E-state index is 0.00844. The molecule has 1 aliphatic carbocycles. The molecule has 0 bridgehead atoms. The normalized spacial score (nSPS) is 12.2. The molecule has 0 atom stereocenters. The highest BCUT2D eigenvalue weighted by Gasteiger charge is 2.37. The van der Waals surface area contributed by atoms with Gasteiger partial charge in [-0.3, -0.25) is 0 Å². The zero-order chi connectivity index (χ0) is 23.9. The van der Waals surface area contributed by atoms with Crippen molar-refractivity contribution in [3.63, 3.8) is 0 Å². The van der Waals surface area contributed by atoms with Crippen LogP contribution in [-0.4, -0.2) is 0 Å². The van der Waals surface area contributed by atoms with Crippen LogP contribution in [-0.2, 0) is 5.41 Å². The van der Waals surface area contributed by atoms with E-state index < -0.39 is 0 Å². The van der Waals surface area contributed by atoms with Crippen LogP contribution in [0, 0.1) is 6.92 Å². The second-order valence-electron chi connectivity index (χ2n) is 7.87. The van der Waals surface area contributed by atoms with Crippen LogP contribution in [0.15, 0.2) is 78.9 Å². The Morgan fingerprint density at radius 1 is 0.469 bits per heavy atom. The molecule has 0 amide bonds. The van der Waals surface area contributed by atoms with E-state index in [4.69, 9.17) is 0 Å². The Morgan fingerprint density at radius 3 is 1.62 bits per heavy atom. The molecule has 0 unspecified atom stereocenters. The fraction of sp³-hybridized carbons (Fsp3) is 0.312. The zero-order valence-electron chi connectivity index (χ0n) is 21.5. The molecule has 4 aromatic rings. The smallest absolute Gasteiger partial charge is 0.0165 e. The molecule has 0 saturated carbocycles. The second kappa shape index (κ2) is 11.1. The van der Waals surface area contributed by atoms with Gasteiger partial charge < -0.3 is 0 Å². The Kier molecular flexibility index (Phi) is 8.84. The molecular formula is C32H40. The Labute approximate surface area is 196 Å². The summed E-state index contributed by atoms with van der Waals surface area (Å²) in [6.07, 6.45) is 0. The van der Waals surface area contributed by atoms with Gasteiger partial charge in [-0.05, 0) is 56.6 Å². The van der Waals surface area contributed by atoms with Gasteiger partial charge in [-0.15, -0.1) is 0 Å². The summed E-state index contributed by atoms with van der Waals surface area (Å²) < 4.78 is 0. The molecule has 4 aromatic carbocycles. The molecule has 168 valence electrons. The van der Waals surface area contributed by atoms with Crippen molar-refractivity contribution < 1.29 is 0 Å². The number of aryl methyl sites for hydroxylation is 1. The van der Waals surface area contributed by atoms with Gasteiger partial charge in [-0.25, -0.2) is 0 Å². The summed E-state index contributed by atoms with van der Waals surface area (Å²) >= 11 is 0. The molecule has 0 saturated heterocycles. The number of hydrogen-bond acceptors (Lipinski definition) is 0. The molecule has 0 N–H and O–H groups in total. The van der Waals surface area contributed by atoms with E-state index in [0.29, 0.717) is 0 Å². The first-order valence-electron chi connectivity index (χ1n) is 12.3. The number of benzene rings is 4. The van der Waals surface area contributed by atoms with Crippen molar-refractivity contribution in [3.05, 3.63) is 95.6 Å². The summed E-state index contributed by atoms with van der Waals surface area (Å²) in [5.74, 6) is 0. The Bertz CT molecular complexity index is 1160. The molecule has 0 nitrogen and oxygen atoms in total. The highest BCUT2D eigenvalue weighted by atomic mass is 14.4. The van der Waals surface area contributed by atoms with E-state index >= 15 is 0 Å². The van der Waals surface area contributed by atoms with E-state index in [0.717, 1.165) is 0 Å². The lowest BCUT2D eigenvalue weighted by Gasteiger charge is -2.25. The van der Waals surface area contributed by atoms with E-state index in [2.05, 4.69) is 99.6 Å². The number of rotatable bonds is 1. The average Bonchev–Trinajstić information content (AvgIpc) is 3.11. The second-order valence-corrected chi connectivity index (χ2v) is 7.87. The van der Waals surface area contributed by atoms with Gasteiger partial charge in [0.15, 0.2) is 0 Å². The quantitative estimate of drug-likeness (QED) is 0.285. The maximum Gasteiger partial charge on any atom is 0.0165 e. The van der Waals surface area contributed by atoms with Crippen LogP contribution >= 0.6 is 0 Å². The van der Waals surface area contributed by atoms with Crippen LogP contribution in [0.3, 0.4) is 0 Å². The Morgan fingerprint density at radius 2 is 0.969 bits per heavy atom. The lowest BCUT2D eigenvalue weighted by molar-refractivity contribution is 0.662. The van der Waals surface area contributed by atoms with Crippen LogP contribution in [0.5, 0.6) is 0 Å². The molecule has 0 heterocycles. The third kappa shape index (κ3) is 4.24. The Balaban J connectivity index is 0.000000561. The first-order valence-corrected chi connectivity index (χ1v) is 12.3. The molecule has 0 spiro atoms. The van der Waals surface area contributed by atoms with E-state index in [9.17, 15) is 0 Å². The van der Waals surface area contributed by atoms with E-state index in [-0.39, 0.29) is 5.41 Å². The van der Waals surface area contributed by atoms with Crippen LogP contribution < -0.4 is 0 Å². The third-order valence-corrected chi connectivity index (χ3v) is 6.01. The van der Waals surface area contributed by atoms with Crippen molar-refractivity contribution in [1.29, 1.82) is 0 Å². The first kappa shape index (κ1) is 25.4. The summed E-state index contributed by atoms with van der Waals surface area (Å²) in [5.41, 5.74) is 9.69. The molecule has 5 rings (SSSR count). The molecule has 0 heteroatoms. The van der Waals surface area contributed by atoms with Crippen molar-refractivity contribution in [2.75, 3.05) is 0 Å². The maximum atomic E-state index is 2.36. The predicted molar refractivity (Wildman–Crippen MR) is 146 cm³/mol. The van der Waals surface area contributed by atoms with Crippen molar-refractivity contribution >= 4 is 10.8 Å². The molecular weight excluding hydrogens is 384 g/mol. The molecule has 32 heavy (non-hydrogen) atoms. The number of fused-ring (bicyclic) bond motifs is 4. The molecule has 0 radical (unpaired) electrons.